The van der Waals surface area contributed by atoms with Gasteiger partial charge >= 0.3 is 5.97 Å². The number of fused-ring (bicyclic) bond motifs is 1. The van der Waals surface area contributed by atoms with Gasteiger partial charge in [-0.15, -0.1) is 0 Å². The third-order valence-corrected chi connectivity index (χ3v) is 9.28. The van der Waals surface area contributed by atoms with E-state index in [2.05, 4.69) is 36.9 Å². The van der Waals surface area contributed by atoms with Gasteiger partial charge in [-0.3, -0.25) is 33.6 Å². The average Bonchev–Trinajstić information content (AvgIpc) is 3.58. The minimum atomic E-state index is -1.80. The third-order valence-electron chi connectivity index (χ3n) is 9.28. The summed E-state index contributed by atoms with van der Waals surface area (Å²) in [4.78, 5) is 107. The summed E-state index contributed by atoms with van der Waals surface area (Å²) in [5, 5.41) is 44.6. The molecule has 16 N–H and O–H groups in total. The van der Waals surface area contributed by atoms with Crippen LogP contribution < -0.4 is 49.1 Å². The van der Waals surface area contributed by atoms with E-state index in [0.29, 0.717) is 31.4 Å². The fraction of sp³-hybridized carbons (Fsp3) is 0.579. The number of primary amides is 1. The van der Waals surface area contributed by atoms with Crippen LogP contribution in [-0.4, -0.2) is 130 Å². The van der Waals surface area contributed by atoms with Crippen LogP contribution in [0.15, 0.2) is 30.5 Å². The average molecular weight is 833 g/mol. The number of carbonyl (C=O) groups excluding carboxylic acids is 7. The summed E-state index contributed by atoms with van der Waals surface area (Å²) in [6.07, 6.45) is 2.47. The summed E-state index contributed by atoms with van der Waals surface area (Å²) >= 11 is 0. The number of hydrogen-bond donors (Lipinski definition) is 13. The zero-order valence-corrected chi connectivity index (χ0v) is 33.8. The molecule has 0 saturated heterocycles. The Morgan fingerprint density at radius 3 is 1.75 bits per heavy atom. The van der Waals surface area contributed by atoms with Crippen LogP contribution >= 0.6 is 0 Å². The summed E-state index contributed by atoms with van der Waals surface area (Å²) in [7, 11) is 0. The topological polar surface area (TPSA) is 363 Å². The zero-order valence-electron chi connectivity index (χ0n) is 33.8. The summed E-state index contributed by atoms with van der Waals surface area (Å²) in [5.74, 6) is -8.73. The molecule has 21 heteroatoms. The van der Waals surface area contributed by atoms with Gasteiger partial charge in [-0.05, 0) is 49.3 Å². The van der Waals surface area contributed by atoms with Crippen molar-refractivity contribution in [1.29, 1.82) is 0 Å². The first-order valence-corrected chi connectivity index (χ1v) is 19.4. The van der Waals surface area contributed by atoms with Gasteiger partial charge in [0.15, 0.2) is 0 Å². The number of nitrogens with two attached hydrogens (primary N) is 3. The van der Waals surface area contributed by atoms with Crippen molar-refractivity contribution in [3.8, 4) is 0 Å². The molecule has 0 bridgehead atoms. The summed E-state index contributed by atoms with van der Waals surface area (Å²) in [6, 6.07) is -2.93. The lowest BCUT2D eigenvalue weighted by atomic mass is 9.99. The lowest BCUT2D eigenvalue weighted by Gasteiger charge is -2.28. The number of hydrogen-bond acceptors (Lipinski definition) is 12. The van der Waals surface area contributed by atoms with Crippen LogP contribution in [0, 0.1) is 11.8 Å². The minimum Gasteiger partial charge on any atom is -0.480 e. The number of carbonyl (C=O) groups is 8. The fourth-order valence-corrected chi connectivity index (χ4v) is 6.01. The van der Waals surface area contributed by atoms with E-state index in [9.17, 15) is 53.7 Å². The van der Waals surface area contributed by atoms with E-state index in [1.807, 2.05) is 13.8 Å². The van der Waals surface area contributed by atoms with Gasteiger partial charge in [-0.2, -0.15) is 0 Å². The van der Waals surface area contributed by atoms with Gasteiger partial charge < -0.3 is 69.4 Å². The predicted octanol–water partition coefficient (Wildman–Crippen LogP) is -3.28. The number of carboxylic acids is 1. The van der Waals surface area contributed by atoms with Gasteiger partial charge in [0.05, 0.1) is 25.7 Å². The molecule has 328 valence electrons. The number of aliphatic hydroxyl groups is 2. The maximum atomic E-state index is 13.6. The molecule has 2 rings (SSSR count). The van der Waals surface area contributed by atoms with E-state index in [1.165, 1.54) is 0 Å². The number of aliphatic carboxylic acids is 1. The Hall–Kier alpha value is -5.64. The molecule has 0 fully saturated rings. The van der Waals surface area contributed by atoms with Gasteiger partial charge in [0.25, 0.3) is 0 Å². The number of carboxylic acid groups (broad SMARTS) is 1. The Labute approximate surface area is 341 Å². The van der Waals surface area contributed by atoms with Gasteiger partial charge in [0, 0.05) is 23.5 Å². The maximum absolute atomic E-state index is 13.6. The molecule has 1 aromatic carbocycles. The van der Waals surface area contributed by atoms with Crippen molar-refractivity contribution in [2.24, 2.45) is 29.0 Å². The smallest absolute Gasteiger partial charge is 0.326 e. The van der Waals surface area contributed by atoms with E-state index in [0.717, 1.165) is 10.9 Å². The van der Waals surface area contributed by atoms with E-state index in [-0.39, 0.29) is 18.8 Å². The second-order valence-electron chi connectivity index (χ2n) is 15.0. The molecule has 21 nitrogen and oxygen atoms in total. The molecular formula is C38H60N10O11. The van der Waals surface area contributed by atoms with Crippen LogP contribution in [-0.2, 0) is 44.8 Å². The van der Waals surface area contributed by atoms with Crippen LogP contribution in [0.25, 0.3) is 10.9 Å². The molecule has 7 atom stereocenters. The molecule has 0 aliphatic rings. The minimum absolute atomic E-state index is 0.0640. The molecule has 1 heterocycles. The summed E-state index contributed by atoms with van der Waals surface area (Å²) in [5.41, 5.74) is 18.2. The summed E-state index contributed by atoms with van der Waals surface area (Å²) < 4.78 is 0. The number of unbranched alkanes of at least 4 members (excludes halogenated alkanes) is 1. The third kappa shape index (κ3) is 15.9. The monoisotopic (exact) mass is 832 g/mol. The highest BCUT2D eigenvalue weighted by molar-refractivity contribution is 5.98. The molecule has 0 unspecified atom stereocenters. The van der Waals surface area contributed by atoms with Crippen molar-refractivity contribution in [2.45, 2.75) is 109 Å². The lowest BCUT2D eigenvalue weighted by Crippen LogP contribution is -2.61. The number of rotatable bonds is 26. The maximum Gasteiger partial charge on any atom is 0.326 e. The second-order valence-corrected chi connectivity index (χ2v) is 15.0. The Bertz CT molecular complexity index is 1770. The quantitative estimate of drug-likeness (QED) is 0.0414. The lowest BCUT2D eigenvalue weighted by molar-refractivity contribution is -0.142. The first-order chi connectivity index (χ1) is 27.8. The van der Waals surface area contributed by atoms with Crippen LogP contribution in [0.3, 0.4) is 0 Å². The van der Waals surface area contributed by atoms with Crippen molar-refractivity contribution >= 4 is 58.2 Å². The zero-order chi connectivity index (χ0) is 44.4. The normalized spacial score (nSPS) is 14.9. The molecule has 0 spiro atoms. The number of aromatic nitrogens is 1. The van der Waals surface area contributed by atoms with Crippen LogP contribution in [0.2, 0.25) is 0 Å². The molecule has 2 aromatic rings. The number of nitrogens with one attached hydrogen (secondary N) is 7. The first kappa shape index (κ1) is 49.5. The van der Waals surface area contributed by atoms with Gasteiger partial charge in [-0.1, -0.05) is 52.3 Å². The molecular weight excluding hydrogens is 772 g/mol. The number of para-hydroxylation sites is 1. The first-order valence-electron chi connectivity index (χ1n) is 19.4. The Morgan fingerprint density at radius 1 is 0.695 bits per heavy atom. The molecule has 7 amide bonds. The number of H-pyrrole nitrogens is 1. The number of benzene rings is 1. The number of aliphatic hydroxyl groups excluding tert-OH is 2. The van der Waals surface area contributed by atoms with E-state index < -0.39 is 115 Å². The Kier molecular flexibility index (Phi) is 20.4. The van der Waals surface area contributed by atoms with Crippen molar-refractivity contribution < 1.29 is 53.7 Å². The molecule has 1 aromatic heterocycles. The van der Waals surface area contributed by atoms with Crippen molar-refractivity contribution in [2.75, 3.05) is 19.8 Å². The van der Waals surface area contributed by atoms with Crippen LogP contribution in [0.1, 0.15) is 65.4 Å². The molecule has 0 radical (unpaired) electrons. The Balaban J connectivity index is 2.15. The van der Waals surface area contributed by atoms with E-state index in [4.69, 9.17) is 17.2 Å². The molecule has 0 aliphatic carbocycles. The highest BCUT2D eigenvalue weighted by Gasteiger charge is 2.35. The molecule has 0 saturated carbocycles. The number of amides is 7. The van der Waals surface area contributed by atoms with Crippen molar-refractivity contribution in [1.82, 2.24) is 36.9 Å². The molecule has 0 aliphatic heterocycles. The molecule has 59 heavy (non-hydrogen) atoms. The van der Waals surface area contributed by atoms with Crippen molar-refractivity contribution in [3.05, 3.63) is 36.0 Å². The number of aromatic amines is 1. The fourth-order valence-electron chi connectivity index (χ4n) is 6.01. The van der Waals surface area contributed by atoms with Crippen LogP contribution in [0.4, 0.5) is 0 Å². The van der Waals surface area contributed by atoms with Crippen molar-refractivity contribution in [3.63, 3.8) is 0 Å². The van der Waals surface area contributed by atoms with Gasteiger partial charge in [0.1, 0.15) is 36.3 Å². The van der Waals surface area contributed by atoms with E-state index >= 15 is 0 Å². The standard InChI is InChI=1S/C38H60N10O11/c1-19(2)13-25(43-32(52)23(40)10-7-8-12-39)34(54)48-31(20(3)4)37(57)44-26(15-30(41)51)33(53)46-29(18-50)36(56)47-28(17-49)35(55)45-27(38(58)59)14-21-16-42-24-11-6-5-9-22(21)24/h5-6,9,11,16,19-20,23,25-29,31,42,49-50H,7-8,10,12-15,17-18,39-40H2,1-4H3,(H2,41,51)(H,43,52)(H,44,57)(H,45,55)(H,46,53)(H,47,56)(H,48,54)(H,58,59)/t23-,25-,26-,27-,28-,29-,31-/m0/s1. The van der Waals surface area contributed by atoms with E-state index in [1.54, 1.807) is 44.3 Å². The van der Waals surface area contributed by atoms with Gasteiger partial charge in [-0.25, -0.2) is 4.79 Å². The second kappa shape index (κ2) is 24.3. The highest BCUT2D eigenvalue weighted by Crippen LogP contribution is 2.19. The van der Waals surface area contributed by atoms with Crippen LogP contribution in [0.5, 0.6) is 0 Å². The highest BCUT2D eigenvalue weighted by atomic mass is 16.4. The summed E-state index contributed by atoms with van der Waals surface area (Å²) in [6.45, 7) is 5.21. The predicted molar refractivity (Wildman–Crippen MR) is 214 cm³/mol. The largest absolute Gasteiger partial charge is 0.480 e. The Morgan fingerprint density at radius 2 is 1.22 bits per heavy atom. The SMILES string of the molecule is CC(C)C[C@H](NC(=O)[C@@H](N)CCCCN)C(=O)N[C@H](C(=O)N[C@@H](CC(N)=O)C(=O)N[C@@H](CO)C(=O)N[C@@H](CO)C(=O)N[C@@H](Cc1c[nH]c2ccccc12)C(=O)O)C(C)C. The van der Waals surface area contributed by atoms with Gasteiger partial charge in [0.2, 0.25) is 41.4 Å².